The maximum Gasteiger partial charge on any atom is 0.481 e. The van der Waals surface area contributed by atoms with Gasteiger partial charge in [-0.1, -0.05) is 45.9 Å². The maximum atomic E-state index is 13.7. The van der Waals surface area contributed by atoms with Crippen LogP contribution in [0.4, 0.5) is 15.3 Å². The Morgan fingerprint density at radius 1 is 1.07 bits per heavy atom. The van der Waals surface area contributed by atoms with Crippen molar-refractivity contribution in [3.63, 3.8) is 0 Å². The quantitative estimate of drug-likeness (QED) is 0.324. The van der Waals surface area contributed by atoms with Crippen LogP contribution in [-0.2, 0) is 18.8 Å². The van der Waals surface area contributed by atoms with Gasteiger partial charge < -0.3 is 35.3 Å². The summed E-state index contributed by atoms with van der Waals surface area (Å²) >= 11 is 0. The first-order chi connectivity index (χ1) is 19.1. The molecule has 0 radical (unpaired) electrons. The first-order valence-electron chi connectivity index (χ1n) is 14.8. The van der Waals surface area contributed by atoms with Crippen molar-refractivity contribution in [2.45, 2.75) is 104 Å². The summed E-state index contributed by atoms with van der Waals surface area (Å²) in [5.74, 6) is 0.361. The van der Waals surface area contributed by atoms with E-state index in [1.165, 1.54) is 0 Å². The van der Waals surface area contributed by atoms with Crippen molar-refractivity contribution in [3.8, 4) is 0 Å². The molecular weight excluding hydrogens is 523 g/mol. The fourth-order valence-corrected chi connectivity index (χ4v) is 6.65. The number of carbonyl (C=O) groups excluding carboxylic acids is 3. The van der Waals surface area contributed by atoms with E-state index in [-0.39, 0.29) is 24.0 Å². The van der Waals surface area contributed by atoms with Crippen LogP contribution in [0.5, 0.6) is 0 Å². The van der Waals surface area contributed by atoms with Crippen molar-refractivity contribution in [3.05, 3.63) is 30.3 Å². The maximum absolute atomic E-state index is 13.7. The first kappa shape index (κ1) is 31.2. The Hall–Kier alpha value is -2.79. The van der Waals surface area contributed by atoms with Crippen LogP contribution in [0.2, 0.25) is 0 Å². The number of hydrogen-bond acceptors (Lipinski definition) is 6. The lowest BCUT2D eigenvalue weighted by molar-refractivity contribution is -0.199. The molecular formula is C30H47BN4O6. The number of nitrogens with one attached hydrogen (secondary N) is 4. The molecule has 4 fully saturated rings. The zero-order chi connectivity index (χ0) is 30.2. The smallest absolute Gasteiger partial charge is 0.444 e. The number of urea groups is 1. The minimum atomic E-state index is -1.09. The molecule has 0 aromatic heterocycles. The highest BCUT2D eigenvalue weighted by Gasteiger charge is 2.68. The van der Waals surface area contributed by atoms with Crippen LogP contribution in [0.15, 0.2) is 30.3 Å². The SMILES string of the molecule is CC(C)C[C@H](NC(=O)[C@H](CNC(=O)Nc1ccccc1)NC(=O)OC(C)(C)C)B1O[C@@H]2C[C@H]3C[C@H](C3(C)C)[C@]2(C)O1. The van der Waals surface area contributed by atoms with Gasteiger partial charge in [-0.25, -0.2) is 9.59 Å². The van der Waals surface area contributed by atoms with E-state index in [4.69, 9.17) is 14.0 Å². The highest BCUT2D eigenvalue weighted by atomic mass is 16.7. The molecule has 11 heteroatoms. The van der Waals surface area contributed by atoms with E-state index in [0.717, 1.165) is 12.8 Å². The minimum absolute atomic E-state index is 0.0186. The molecule has 3 aliphatic carbocycles. The van der Waals surface area contributed by atoms with Crippen LogP contribution in [0.25, 0.3) is 0 Å². The lowest BCUT2D eigenvalue weighted by Crippen LogP contribution is -2.65. The number of carbonyl (C=O) groups is 3. The van der Waals surface area contributed by atoms with Crippen LogP contribution >= 0.6 is 0 Å². The number of benzene rings is 1. The number of rotatable bonds is 9. The van der Waals surface area contributed by atoms with Crippen molar-refractivity contribution in [2.24, 2.45) is 23.2 Å². The zero-order valence-corrected chi connectivity index (χ0v) is 25.7. The molecule has 6 atom stereocenters. The Bertz CT molecular complexity index is 1110. The van der Waals surface area contributed by atoms with Crippen LogP contribution in [0.3, 0.4) is 0 Å². The van der Waals surface area contributed by atoms with Gasteiger partial charge in [-0.2, -0.15) is 0 Å². The molecule has 0 spiro atoms. The third kappa shape index (κ3) is 7.17. The molecule has 4 aliphatic rings. The van der Waals surface area contributed by atoms with Crippen molar-refractivity contribution >= 4 is 30.8 Å². The summed E-state index contributed by atoms with van der Waals surface area (Å²) in [6.07, 6.45) is 1.93. The van der Waals surface area contributed by atoms with Crippen molar-refractivity contribution < 1.29 is 28.4 Å². The molecule has 41 heavy (non-hydrogen) atoms. The average molecular weight is 571 g/mol. The Morgan fingerprint density at radius 2 is 1.76 bits per heavy atom. The molecule has 1 heterocycles. The van der Waals surface area contributed by atoms with Gasteiger partial charge >= 0.3 is 19.2 Å². The van der Waals surface area contributed by atoms with Crippen LogP contribution < -0.4 is 21.3 Å². The van der Waals surface area contributed by atoms with Gasteiger partial charge in [0.25, 0.3) is 0 Å². The van der Waals surface area contributed by atoms with Gasteiger partial charge in [0.2, 0.25) is 5.91 Å². The highest BCUT2D eigenvalue weighted by molar-refractivity contribution is 6.48. The fraction of sp³-hybridized carbons (Fsp3) is 0.700. The van der Waals surface area contributed by atoms with E-state index in [2.05, 4.69) is 55.9 Å². The lowest BCUT2D eigenvalue weighted by atomic mass is 9.43. The number of alkyl carbamates (subject to hydrolysis) is 1. The molecule has 226 valence electrons. The predicted octanol–water partition coefficient (Wildman–Crippen LogP) is 4.50. The molecule has 1 aromatic carbocycles. The van der Waals surface area contributed by atoms with Gasteiger partial charge in [0, 0.05) is 12.2 Å². The standard InChI is InChI=1S/C30H47BN4O6/c1-18(2)14-24(31-40-23-16-19-15-22(29(19,6)7)30(23,8)41-31)35-25(36)21(34-27(38)39-28(3,4)5)17-32-26(37)33-20-12-10-9-11-13-20/h9-13,18-19,21-24H,14-17H2,1-8H3,(H,34,38)(H,35,36)(H2,32,33,37)/t19-,21+,22-,23-,24+,30+/m1/s1. The van der Waals surface area contributed by atoms with Crippen LogP contribution in [0, 0.1) is 23.2 Å². The highest BCUT2D eigenvalue weighted by Crippen LogP contribution is 2.65. The molecule has 10 nitrogen and oxygen atoms in total. The van der Waals surface area contributed by atoms with Gasteiger partial charge in [0.15, 0.2) is 0 Å². The Balaban J connectivity index is 1.45. The Morgan fingerprint density at radius 3 is 2.37 bits per heavy atom. The van der Waals surface area contributed by atoms with Crippen molar-refractivity contribution in [1.82, 2.24) is 16.0 Å². The molecule has 1 aliphatic heterocycles. The molecule has 0 unspecified atom stereocenters. The fourth-order valence-electron chi connectivity index (χ4n) is 6.65. The summed E-state index contributed by atoms with van der Waals surface area (Å²) in [6, 6.07) is 7.37. The van der Waals surface area contributed by atoms with Gasteiger partial charge in [0.05, 0.1) is 17.6 Å². The average Bonchev–Trinajstić information content (AvgIpc) is 3.22. The third-order valence-corrected chi connectivity index (χ3v) is 8.86. The second-order valence-corrected chi connectivity index (χ2v) is 14.0. The molecule has 1 aromatic rings. The molecule has 4 amide bonds. The normalized spacial score (nSPS) is 27.6. The Kier molecular flexibility index (Phi) is 8.99. The summed E-state index contributed by atoms with van der Waals surface area (Å²) in [4.78, 5) is 38.9. The number of para-hydroxylation sites is 1. The predicted molar refractivity (Wildman–Crippen MR) is 158 cm³/mol. The number of hydrogen-bond donors (Lipinski definition) is 4. The number of anilines is 1. The van der Waals surface area contributed by atoms with E-state index in [1.807, 2.05) is 6.07 Å². The van der Waals surface area contributed by atoms with E-state index in [1.54, 1.807) is 45.0 Å². The van der Waals surface area contributed by atoms with Crippen molar-refractivity contribution in [2.75, 3.05) is 11.9 Å². The summed E-state index contributed by atoms with van der Waals surface area (Å²) in [6.45, 7) is 16.0. The van der Waals surface area contributed by atoms with E-state index >= 15 is 0 Å². The van der Waals surface area contributed by atoms with E-state index in [0.29, 0.717) is 23.9 Å². The second kappa shape index (κ2) is 11.8. The molecule has 1 saturated heterocycles. The first-order valence-corrected chi connectivity index (χ1v) is 14.8. The molecule has 5 rings (SSSR count). The largest absolute Gasteiger partial charge is 0.481 e. The van der Waals surface area contributed by atoms with E-state index < -0.39 is 48.3 Å². The zero-order valence-electron chi connectivity index (χ0n) is 25.7. The van der Waals surface area contributed by atoms with Gasteiger partial charge in [-0.3, -0.25) is 4.79 Å². The second-order valence-electron chi connectivity index (χ2n) is 14.0. The van der Waals surface area contributed by atoms with Gasteiger partial charge in [0.1, 0.15) is 11.6 Å². The van der Waals surface area contributed by atoms with Gasteiger partial charge in [-0.05, 0) is 82.3 Å². The summed E-state index contributed by atoms with van der Waals surface area (Å²) in [7, 11) is -0.608. The van der Waals surface area contributed by atoms with Crippen LogP contribution in [-0.4, -0.2) is 61.0 Å². The molecule has 2 bridgehead atoms. The van der Waals surface area contributed by atoms with Gasteiger partial charge in [-0.15, -0.1) is 0 Å². The van der Waals surface area contributed by atoms with Crippen LogP contribution in [0.1, 0.15) is 74.7 Å². The van der Waals surface area contributed by atoms with E-state index in [9.17, 15) is 14.4 Å². The minimum Gasteiger partial charge on any atom is -0.444 e. The topological polar surface area (TPSA) is 127 Å². The Labute approximate surface area is 244 Å². The van der Waals surface area contributed by atoms with Crippen molar-refractivity contribution in [1.29, 1.82) is 0 Å². The third-order valence-electron chi connectivity index (χ3n) is 8.86. The summed E-state index contributed by atoms with van der Waals surface area (Å²) < 4.78 is 18.5. The molecule has 4 N–H and O–H groups in total. The summed E-state index contributed by atoms with van der Waals surface area (Å²) in [5, 5.41) is 11.1. The monoisotopic (exact) mass is 570 g/mol. The summed E-state index contributed by atoms with van der Waals surface area (Å²) in [5.41, 5.74) is -0.354. The lowest BCUT2D eigenvalue weighted by Gasteiger charge is -2.64. The molecule has 3 saturated carbocycles. The number of ether oxygens (including phenoxy) is 1. The number of amides is 4.